The molecule has 0 atom stereocenters. The SMILES string of the molecule is CC(C)(C)CCCCCOP(=O)(O)OCCCCCC(C)(C)C. The van der Waals surface area contributed by atoms with E-state index in [0.717, 1.165) is 51.4 Å². The molecule has 0 heterocycles. The molecule has 0 aromatic rings. The van der Waals surface area contributed by atoms with Gasteiger partial charge in [0.05, 0.1) is 13.2 Å². The first-order valence-corrected chi connectivity index (χ1v) is 10.5. The summed E-state index contributed by atoms with van der Waals surface area (Å²) in [5.74, 6) is 0. The van der Waals surface area contributed by atoms with Crippen molar-refractivity contribution in [2.75, 3.05) is 13.2 Å². The molecule has 1 N–H and O–H groups in total. The fourth-order valence-corrected chi connectivity index (χ4v) is 3.06. The number of unbranched alkanes of at least 4 members (excludes halogenated alkanes) is 4. The Kier molecular flexibility index (Phi) is 10.9. The molecule has 4 nitrogen and oxygen atoms in total. The zero-order chi connectivity index (χ0) is 18.0. The molecular formula is C18H39O4P. The quantitative estimate of drug-likeness (QED) is 0.330. The lowest BCUT2D eigenvalue weighted by Gasteiger charge is -2.18. The zero-order valence-electron chi connectivity index (χ0n) is 16.2. The van der Waals surface area contributed by atoms with E-state index in [0.29, 0.717) is 24.0 Å². The van der Waals surface area contributed by atoms with Gasteiger partial charge in [0.15, 0.2) is 0 Å². The summed E-state index contributed by atoms with van der Waals surface area (Å²) in [6, 6.07) is 0. The summed E-state index contributed by atoms with van der Waals surface area (Å²) in [7, 11) is -3.85. The Morgan fingerprint density at radius 3 is 1.35 bits per heavy atom. The molecule has 23 heavy (non-hydrogen) atoms. The molecule has 0 saturated carbocycles. The van der Waals surface area contributed by atoms with Crippen molar-refractivity contribution >= 4 is 7.82 Å². The standard InChI is InChI=1S/C18H39O4P/c1-17(2,3)13-9-7-11-15-21-23(19,20)22-16-12-8-10-14-18(4,5)6/h7-16H2,1-6H3,(H,19,20). The predicted molar refractivity (Wildman–Crippen MR) is 97.6 cm³/mol. The summed E-state index contributed by atoms with van der Waals surface area (Å²) in [4.78, 5) is 9.60. The summed E-state index contributed by atoms with van der Waals surface area (Å²) in [5, 5.41) is 0. The molecule has 0 aliphatic carbocycles. The minimum absolute atomic E-state index is 0.294. The van der Waals surface area contributed by atoms with Crippen LogP contribution in [-0.4, -0.2) is 18.1 Å². The van der Waals surface area contributed by atoms with Crippen LogP contribution in [0, 0.1) is 10.8 Å². The van der Waals surface area contributed by atoms with Crippen molar-refractivity contribution in [3.05, 3.63) is 0 Å². The Morgan fingerprint density at radius 2 is 1.04 bits per heavy atom. The molecule has 0 bridgehead atoms. The van der Waals surface area contributed by atoms with Gasteiger partial charge in [-0.25, -0.2) is 4.57 Å². The van der Waals surface area contributed by atoms with E-state index in [4.69, 9.17) is 9.05 Å². The molecule has 0 saturated heterocycles. The van der Waals surface area contributed by atoms with E-state index in [1.165, 1.54) is 0 Å². The highest BCUT2D eigenvalue weighted by Gasteiger charge is 2.20. The normalized spacial score (nSPS) is 13.5. The lowest BCUT2D eigenvalue weighted by molar-refractivity contribution is 0.144. The van der Waals surface area contributed by atoms with Crippen LogP contribution in [0.5, 0.6) is 0 Å². The smallest absolute Gasteiger partial charge is 0.302 e. The molecule has 140 valence electrons. The maximum absolute atomic E-state index is 11.7. The van der Waals surface area contributed by atoms with Gasteiger partial charge in [-0.05, 0) is 36.5 Å². The average Bonchev–Trinajstić information content (AvgIpc) is 2.35. The molecule has 0 radical (unpaired) electrons. The van der Waals surface area contributed by atoms with Crippen LogP contribution in [0.4, 0.5) is 0 Å². The van der Waals surface area contributed by atoms with Crippen LogP contribution < -0.4 is 0 Å². The van der Waals surface area contributed by atoms with Gasteiger partial charge in [-0.3, -0.25) is 9.05 Å². The monoisotopic (exact) mass is 350 g/mol. The number of phosphoric acid groups is 1. The first kappa shape index (κ1) is 23.1. The minimum atomic E-state index is -3.85. The van der Waals surface area contributed by atoms with Crippen LogP contribution in [0.3, 0.4) is 0 Å². The molecule has 0 aliphatic heterocycles. The summed E-state index contributed by atoms with van der Waals surface area (Å²) < 4.78 is 21.7. The highest BCUT2D eigenvalue weighted by Crippen LogP contribution is 2.43. The van der Waals surface area contributed by atoms with Gasteiger partial charge in [0.2, 0.25) is 0 Å². The van der Waals surface area contributed by atoms with Crippen molar-refractivity contribution in [3.8, 4) is 0 Å². The molecule has 0 spiro atoms. The van der Waals surface area contributed by atoms with Gasteiger partial charge >= 0.3 is 7.82 Å². The average molecular weight is 350 g/mol. The van der Waals surface area contributed by atoms with Gasteiger partial charge < -0.3 is 4.89 Å². The van der Waals surface area contributed by atoms with Gasteiger partial charge in [0.25, 0.3) is 0 Å². The Balaban J connectivity index is 3.56. The minimum Gasteiger partial charge on any atom is -0.302 e. The summed E-state index contributed by atoms with van der Waals surface area (Å²) in [6.07, 6.45) is 8.21. The van der Waals surface area contributed by atoms with E-state index >= 15 is 0 Å². The lowest BCUT2D eigenvalue weighted by Crippen LogP contribution is -2.05. The first-order chi connectivity index (χ1) is 10.4. The van der Waals surface area contributed by atoms with Gasteiger partial charge in [-0.1, -0.05) is 67.2 Å². The largest absolute Gasteiger partial charge is 0.472 e. The Labute approximate surface area is 144 Å². The lowest BCUT2D eigenvalue weighted by atomic mass is 9.89. The number of phosphoric ester groups is 1. The fourth-order valence-electron chi connectivity index (χ4n) is 2.27. The second kappa shape index (κ2) is 10.9. The highest BCUT2D eigenvalue weighted by atomic mass is 31.2. The van der Waals surface area contributed by atoms with Gasteiger partial charge in [-0.2, -0.15) is 0 Å². The molecule has 0 aliphatic rings. The second-order valence-corrected chi connectivity index (χ2v) is 10.3. The molecule has 0 amide bonds. The van der Waals surface area contributed by atoms with Gasteiger partial charge in [0.1, 0.15) is 0 Å². The van der Waals surface area contributed by atoms with E-state index in [1.54, 1.807) is 0 Å². The van der Waals surface area contributed by atoms with Crippen LogP contribution in [0.25, 0.3) is 0 Å². The van der Waals surface area contributed by atoms with E-state index < -0.39 is 7.82 Å². The summed E-state index contributed by atoms with van der Waals surface area (Å²) >= 11 is 0. The van der Waals surface area contributed by atoms with Crippen molar-refractivity contribution < 1.29 is 18.5 Å². The van der Waals surface area contributed by atoms with Gasteiger partial charge in [-0.15, -0.1) is 0 Å². The zero-order valence-corrected chi connectivity index (χ0v) is 17.1. The predicted octanol–water partition coefficient (Wildman–Crippen LogP) is 6.33. The topological polar surface area (TPSA) is 55.8 Å². The van der Waals surface area contributed by atoms with Gasteiger partial charge in [0, 0.05) is 0 Å². The molecule has 5 heteroatoms. The van der Waals surface area contributed by atoms with Crippen molar-refractivity contribution in [1.29, 1.82) is 0 Å². The van der Waals surface area contributed by atoms with Crippen LogP contribution in [0.15, 0.2) is 0 Å². The van der Waals surface area contributed by atoms with Crippen molar-refractivity contribution in [2.45, 2.75) is 92.9 Å². The third-order valence-corrected chi connectivity index (χ3v) is 4.67. The molecule has 0 aromatic heterocycles. The Morgan fingerprint density at radius 1 is 0.696 bits per heavy atom. The maximum Gasteiger partial charge on any atom is 0.472 e. The Bertz CT molecular complexity index is 312. The fraction of sp³-hybridized carbons (Fsp3) is 1.00. The third-order valence-electron chi connectivity index (χ3n) is 3.65. The second-order valence-electron chi connectivity index (χ2n) is 8.88. The van der Waals surface area contributed by atoms with E-state index in [-0.39, 0.29) is 0 Å². The first-order valence-electron chi connectivity index (χ1n) is 9.03. The summed E-state index contributed by atoms with van der Waals surface area (Å²) in [5.41, 5.74) is 0.701. The number of hydrogen-bond donors (Lipinski definition) is 1. The van der Waals surface area contributed by atoms with Crippen molar-refractivity contribution in [2.24, 2.45) is 10.8 Å². The van der Waals surface area contributed by atoms with Crippen LogP contribution in [-0.2, 0) is 13.6 Å². The third kappa shape index (κ3) is 18.3. The molecule has 0 fully saturated rings. The molecule has 0 aromatic carbocycles. The van der Waals surface area contributed by atoms with Crippen LogP contribution >= 0.6 is 7.82 Å². The van der Waals surface area contributed by atoms with E-state index in [1.807, 2.05) is 0 Å². The summed E-state index contributed by atoms with van der Waals surface area (Å²) in [6.45, 7) is 13.9. The van der Waals surface area contributed by atoms with Crippen LogP contribution in [0.2, 0.25) is 0 Å². The maximum atomic E-state index is 11.7. The molecule has 0 rings (SSSR count). The highest BCUT2D eigenvalue weighted by molar-refractivity contribution is 7.47. The molecular weight excluding hydrogens is 311 g/mol. The van der Waals surface area contributed by atoms with E-state index in [2.05, 4.69) is 41.5 Å². The van der Waals surface area contributed by atoms with E-state index in [9.17, 15) is 9.46 Å². The van der Waals surface area contributed by atoms with Crippen molar-refractivity contribution in [3.63, 3.8) is 0 Å². The van der Waals surface area contributed by atoms with Crippen molar-refractivity contribution in [1.82, 2.24) is 0 Å². The Hall–Kier alpha value is 0.110. The number of hydrogen-bond acceptors (Lipinski definition) is 3. The van der Waals surface area contributed by atoms with Crippen LogP contribution in [0.1, 0.15) is 92.9 Å². The number of rotatable bonds is 12. The molecule has 0 unspecified atom stereocenters.